The zero-order chi connectivity index (χ0) is 22.5. The van der Waals surface area contributed by atoms with Crippen LogP contribution in [0.2, 0.25) is 0 Å². The highest BCUT2D eigenvalue weighted by Crippen LogP contribution is 2.26. The Labute approximate surface area is 189 Å². The molecule has 1 N–H and O–H groups in total. The lowest BCUT2D eigenvalue weighted by molar-refractivity contribution is -0.126. The summed E-state index contributed by atoms with van der Waals surface area (Å²) in [6.45, 7) is 5.74. The first-order valence-electron chi connectivity index (χ1n) is 11.3. The van der Waals surface area contributed by atoms with Crippen molar-refractivity contribution in [2.45, 2.75) is 33.2 Å². The number of amides is 2. The molecule has 2 heterocycles. The van der Waals surface area contributed by atoms with Gasteiger partial charge in [0.15, 0.2) is 0 Å². The SMILES string of the molecule is Cc1nn(-c2ccccc2)cc1C(=O)N1CCC([C@@H](C)C(=O)NCc2ccccc2)CC1. The minimum absolute atomic E-state index is 0.0179. The second-order valence-electron chi connectivity index (χ2n) is 8.53. The highest BCUT2D eigenvalue weighted by molar-refractivity contribution is 5.95. The van der Waals surface area contributed by atoms with E-state index in [0.29, 0.717) is 25.2 Å². The number of likely N-dealkylation sites (tertiary alicyclic amines) is 1. The van der Waals surface area contributed by atoms with E-state index < -0.39 is 0 Å². The summed E-state index contributed by atoms with van der Waals surface area (Å²) >= 11 is 0. The Morgan fingerprint density at radius 2 is 1.66 bits per heavy atom. The van der Waals surface area contributed by atoms with Gasteiger partial charge >= 0.3 is 0 Å². The second-order valence-corrected chi connectivity index (χ2v) is 8.53. The van der Waals surface area contributed by atoms with Crippen molar-refractivity contribution in [3.05, 3.63) is 83.7 Å². The van der Waals surface area contributed by atoms with E-state index in [4.69, 9.17) is 0 Å². The van der Waals surface area contributed by atoms with Gasteiger partial charge in [0.1, 0.15) is 0 Å². The molecule has 0 unspecified atom stereocenters. The highest BCUT2D eigenvalue weighted by atomic mass is 16.2. The average Bonchev–Trinajstić information content (AvgIpc) is 3.24. The van der Waals surface area contributed by atoms with Crippen molar-refractivity contribution >= 4 is 11.8 Å². The van der Waals surface area contributed by atoms with Crippen molar-refractivity contribution in [1.29, 1.82) is 0 Å². The molecule has 2 amide bonds. The number of rotatable bonds is 6. The van der Waals surface area contributed by atoms with Crippen LogP contribution in [-0.4, -0.2) is 39.6 Å². The van der Waals surface area contributed by atoms with E-state index in [1.165, 1.54) is 0 Å². The zero-order valence-electron chi connectivity index (χ0n) is 18.7. The molecule has 0 saturated carbocycles. The molecule has 1 aliphatic rings. The van der Waals surface area contributed by atoms with Crippen LogP contribution in [0.1, 0.15) is 41.4 Å². The van der Waals surface area contributed by atoms with Gasteiger partial charge in [0, 0.05) is 31.7 Å². The summed E-state index contributed by atoms with van der Waals surface area (Å²) in [4.78, 5) is 27.7. The molecule has 4 rings (SSSR count). The first kappa shape index (κ1) is 21.8. The Balaban J connectivity index is 1.32. The maximum absolute atomic E-state index is 13.1. The van der Waals surface area contributed by atoms with Crippen LogP contribution >= 0.6 is 0 Å². The molecule has 3 aromatic rings. The molecule has 1 fully saturated rings. The van der Waals surface area contributed by atoms with Crippen LogP contribution in [0, 0.1) is 18.8 Å². The molecule has 0 spiro atoms. The van der Waals surface area contributed by atoms with Crippen LogP contribution in [0.3, 0.4) is 0 Å². The lowest BCUT2D eigenvalue weighted by Crippen LogP contribution is -2.42. The monoisotopic (exact) mass is 430 g/mol. The number of hydrogen-bond donors (Lipinski definition) is 1. The Bertz CT molecular complexity index is 1050. The third-order valence-electron chi connectivity index (χ3n) is 6.41. The van der Waals surface area contributed by atoms with Gasteiger partial charge in [-0.25, -0.2) is 4.68 Å². The molecule has 1 saturated heterocycles. The molecule has 6 nitrogen and oxygen atoms in total. The van der Waals surface area contributed by atoms with E-state index in [9.17, 15) is 9.59 Å². The fourth-order valence-electron chi connectivity index (χ4n) is 4.32. The molecule has 6 heteroatoms. The van der Waals surface area contributed by atoms with Gasteiger partial charge in [-0.1, -0.05) is 55.5 Å². The Morgan fingerprint density at radius 3 is 2.31 bits per heavy atom. The molecule has 2 aromatic carbocycles. The topological polar surface area (TPSA) is 67.2 Å². The first-order chi connectivity index (χ1) is 15.5. The maximum Gasteiger partial charge on any atom is 0.257 e. The lowest BCUT2D eigenvalue weighted by atomic mass is 9.84. The van der Waals surface area contributed by atoms with Gasteiger partial charge in [0.25, 0.3) is 5.91 Å². The van der Waals surface area contributed by atoms with Gasteiger partial charge < -0.3 is 10.2 Å². The van der Waals surface area contributed by atoms with Crippen molar-refractivity contribution in [2.75, 3.05) is 13.1 Å². The predicted molar refractivity (Wildman–Crippen MR) is 124 cm³/mol. The number of carbonyl (C=O) groups is 2. The number of aryl methyl sites for hydroxylation is 1. The molecule has 1 aromatic heterocycles. The van der Waals surface area contributed by atoms with Gasteiger partial charge in [-0.05, 0) is 43.4 Å². The quantitative estimate of drug-likeness (QED) is 0.643. The molecule has 166 valence electrons. The summed E-state index contributed by atoms with van der Waals surface area (Å²) < 4.78 is 1.76. The number of benzene rings is 2. The minimum atomic E-state index is -0.0708. The van der Waals surface area contributed by atoms with Crippen LogP contribution in [0.5, 0.6) is 0 Å². The number of nitrogens with one attached hydrogen (secondary N) is 1. The summed E-state index contributed by atoms with van der Waals surface area (Å²) in [6, 6.07) is 19.7. The van der Waals surface area contributed by atoms with E-state index in [1.807, 2.05) is 85.6 Å². The van der Waals surface area contributed by atoms with Gasteiger partial charge in [-0.3, -0.25) is 9.59 Å². The molecular weight excluding hydrogens is 400 g/mol. The number of carbonyl (C=O) groups excluding carboxylic acids is 2. The number of para-hydroxylation sites is 1. The molecule has 0 radical (unpaired) electrons. The van der Waals surface area contributed by atoms with Crippen molar-refractivity contribution < 1.29 is 9.59 Å². The zero-order valence-corrected chi connectivity index (χ0v) is 18.7. The smallest absolute Gasteiger partial charge is 0.257 e. The van der Waals surface area contributed by atoms with Crippen LogP contribution in [0.25, 0.3) is 5.69 Å². The highest BCUT2D eigenvalue weighted by Gasteiger charge is 2.31. The number of nitrogens with zero attached hydrogens (tertiary/aromatic N) is 3. The third-order valence-corrected chi connectivity index (χ3v) is 6.41. The van der Waals surface area contributed by atoms with Gasteiger partial charge in [0.2, 0.25) is 5.91 Å². The largest absolute Gasteiger partial charge is 0.352 e. The van der Waals surface area contributed by atoms with Crippen molar-refractivity contribution in [1.82, 2.24) is 20.0 Å². The van der Waals surface area contributed by atoms with Crippen molar-refractivity contribution in [2.24, 2.45) is 11.8 Å². The van der Waals surface area contributed by atoms with Crippen LogP contribution in [0.15, 0.2) is 66.9 Å². The summed E-state index contributed by atoms with van der Waals surface area (Å²) in [6.07, 6.45) is 3.48. The fourth-order valence-corrected chi connectivity index (χ4v) is 4.32. The van der Waals surface area contributed by atoms with E-state index in [1.54, 1.807) is 4.68 Å². The van der Waals surface area contributed by atoms with E-state index in [2.05, 4.69) is 10.4 Å². The molecule has 1 aliphatic heterocycles. The second kappa shape index (κ2) is 9.81. The number of hydrogen-bond acceptors (Lipinski definition) is 3. The average molecular weight is 431 g/mol. The van der Waals surface area contributed by atoms with Crippen LogP contribution < -0.4 is 5.32 Å². The fraction of sp³-hybridized carbons (Fsp3) is 0.346. The van der Waals surface area contributed by atoms with Gasteiger partial charge in [0.05, 0.1) is 16.9 Å². The Hall–Kier alpha value is -3.41. The van der Waals surface area contributed by atoms with E-state index in [0.717, 1.165) is 29.8 Å². The summed E-state index contributed by atoms with van der Waals surface area (Å²) in [7, 11) is 0. The van der Waals surface area contributed by atoms with Crippen molar-refractivity contribution in [3.8, 4) is 5.69 Å². The van der Waals surface area contributed by atoms with Crippen molar-refractivity contribution in [3.63, 3.8) is 0 Å². The minimum Gasteiger partial charge on any atom is -0.352 e. The molecule has 1 atom stereocenters. The first-order valence-corrected chi connectivity index (χ1v) is 11.3. The normalized spacial score (nSPS) is 15.4. The van der Waals surface area contributed by atoms with Gasteiger partial charge in [-0.15, -0.1) is 0 Å². The Morgan fingerprint density at radius 1 is 1.03 bits per heavy atom. The van der Waals surface area contributed by atoms with E-state index in [-0.39, 0.29) is 23.7 Å². The van der Waals surface area contributed by atoms with Gasteiger partial charge in [-0.2, -0.15) is 5.10 Å². The summed E-state index contributed by atoms with van der Waals surface area (Å²) in [5.41, 5.74) is 3.40. The molecule has 0 bridgehead atoms. The Kier molecular flexibility index (Phi) is 6.69. The predicted octanol–water partition coefficient (Wildman–Crippen LogP) is 3.99. The maximum atomic E-state index is 13.1. The molecule has 32 heavy (non-hydrogen) atoms. The molecule has 0 aliphatic carbocycles. The van der Waals surface area contributed by atoms with Crippen LogP contribution in [-0.2, 0) is 11.3 Å². The number of aromatic nitrogens is 2. The standard InChI is InChI=1S/C26H30N4O2/c1-19(25(31)27-17-21-9-5-3-6-10-21)22-13-15-29(16-14-22)26(32)24-18-30(28-20(24)2)23-11-7-4-8-12-23/h3-12,18-19,22H,13-17H2,1-2H3,(H,27,31)/t19-/m1/s1. The van der Waals surface area contributed by atoms with E-state index >= 15 is 0 Å². The van der Waals surface area contributed by atoms with Crippen LogP contribution in [0.4, 0.5) is 0 Å². The number of piperidine rings is 1. The lowest BCUT2D eigenvalue weighted by Gasteiger charge is -2.34. The summed E-state index contributed by atoms with van der Waals surface area (Å²) in [5, 5.41) is 7.58. The summed E-state index contributed by atoms with van der Waals surface area (Å²) in [5.74, 6) is 0.310. The molecular formula is C26H30N4O2. The third kappa shape index (κ3) is 4.90.